The lowest BCUT2D eigenvalue weighted by atomic mass is 10.1. The van der Waals surface area contributed by atoms with E-state index in [0.29, 0.717) is 11.3 Å². The van der Waals surface area contributed by atoms with Crippen molar-refractivity contribution in [1.29, 1.82) is 0 Å². The molecule has 0 aliphatic carbocycles. The van der Waals surface area contributed by atoms with Gasteiger partial charge in [-0.3, -0.25) is 9.59 Å². The number of anilines is 1. The van der Waals surface area contributed by atoms with Gasteiger partial charge in [0.15, 0.2) is 5.78 Å². The number of Topliss-reactive ketones (excluding diaryl/α,β-unsaturated/α-hetero) is 1. The van der Waals surface area contributed by atoms with Crippen LogP contribution in [-0.4, -0.2) is 23.2 Å². The molecule has 1 fully saturated rings. The van der Waals surface area contributed by atoms with Gasteiger partial charge in [0.25, 0.3) is 0 Å². The van der Waals surface area contributed by atoms with Crippen LogP contribution in [0.3, 0.4) is 0 Å². The molecule has 1 heterocycles. The zero-order valence-corrected chi connectivity index (χ0v) is 10.5. The van der Waals surface area contributed by atoms with Gasteiger partial charge in [-0.05, 0) is 31.2 Å². The van der Waals surface area contributed by atoms with Crippen LogP contribution >= 0.6 is 11.8 Å². The highest BCUT2D eigenvalue weighted by Crippen LogP contribution is 2.25. The van der Waals surface area contributed by atoms with Crippen LogP contribution in [0.5, 0.6) is 0 Å². The largest absolute Gasteiger partial charge is 0.325 e. The summed E-state index contributed by atoms with van der Waals surface area (Å²) < 4.78 is 0. The lowest BCUT2D eigenvalue weighted by molar-refractivity contribution is -0.119. The quantitative estimate of drug-likeness (QED) is 0.837. The maximum absolute atomic E-state index is 12.0. The third-order valence-corrected chi connectivity index (χ3v) is 4.03. The zero-order valence-electron chi connectivity index (χ0n) is 9.73. The Kier molecular flexibility index (Phi) is 3.84. The van der Waals surface area contributed by atoms with Crippen molar-refractivity contribution < 1.29 is 9.59 Å². The molecule has 0 radical (unpaired) electrons. The Morgan fingerprint density at radius 1 is 1.35 bits per heavy atom. The fourth-order valence-electron chi connectivity index (χ4n) is 1.88. The van der Waals surface area contributed by atoms with Crippen LogP contribution in [0.1, 0.15) is 23.7 Å². The molecule has 1 unspecified atom stereocenters. The van der Waals surface area contributed by atoms with E-state index in [9.17, 15) is 9.59 Å². The van der Waals surface area contributed by atoms with E-state index < -0.39 is 0 Å². The van der Waals surface area contributed by atoms with Crippen LogP contribution in [-0.2, 0) is 4.79 Å². The smallest absolute Gasteiger partial charge is 0.228 e. The molecule has 0 bridgehead atoms. The number of amides is 1. The minimum Gasteiger partial charge on any atom is -0.325 e. The number of para-hydroxylation sites is 1. The van der Waals surface area contributed by atoms with Crippen molar-refractivity contribution in [3.63, 3.8) is 0 Å². The minimum absolute atomic E-state index is 0.0262. The fourth-order valence-corrected chi connectivity index (χ4v) is 3.10. The van der Waals surface area contributed by atoms with Crippen molar-refractivity contribution in [1.82, 2.24) is 0 Å². The van der Waals surface area contributed by atoms with Crippen LogP contribution in [0.25, 0.3) is 0 Å². The summed E-state index contributed by atoms with van der Waals surface area (Å²) in [6.07, 6.45) is 0.929. The minimum atomic E-state index is -0.0262. The number of benzene rings is 1. The molecule has 1 saturated heterocycles. The Labute approximate surface area is 105 Å². The molecule has 1 aliphatic heterocycles. The van der Waals surface area contributed by atoms with E-state index in [1.807, 2.05) is 6.07 Å². The van der Waals surface area contributed by atoms with Crippen molar-refractivity contribution in [3.05, 3.63) is 29.8 Å². The average molecular weight is 249 g/mol. The molecule has 0 spiro atoms. The topological polar surface area (TPSA) is 46.2 Å². The first-order valence-corrected chi connectivity index (χ1v) is 6.82. The number of ketones is 1. The van der Waals surface area contributed by atoms with Crippen molar-refractivity contribution in [2.24, 2.45) is 5.92 Å². The molecular formula is C13H15NO2S. The molecule has 17 heavy (non-hydrogen) atoms. The van der Waals surface area contributed by atoms with Crippen molar-refractivity contribution in [2.45, 2.75) is 13.3 Å². The van der Waals surface area contributed by atoms with E-state index in [-0.39, 0.29) is 17.6 Å². The van der Waals surface area contributed by atoms with E-state index in [1.54, 1.807) is 30.0 Å². The molecule has 3 nitrogen and oxygen atoms in total. The number of hydrogen-bond donors (Lipinski definition) is 1. The Balaban J connectivity index is 2.12. The first-order chi connectivity index (χ1) is 8.18. The molecule has 1 N–H and O–H groups in total. The van der Waals surface area contributed by atoms with Gasteiger partial charge in [-0.15, -0.1) is 0 Å². The van der Waals surface area contributed by atoms with Gasteiger partial charge in [0.1, 0.15) is 0 Å². The maximum atomic E-state index is 12.0. The SMILES string of the molecule is CC(=O)c1ccccc1NC(=O)C1CCSC1. The van der Waals surface area contributed by atoms with E-state index in [1.165, 1.54) is 6.92 Å². The molecular weight excluding hydrogens is 234 g/mol. The molecule has 0 aromatic heterocycles. The van der Waals surface area contributed by atoms with Gasteiger partial charge in [0.2, 0.25) is 5.91 Å². The van der Waals surface area contributed by atoms with E-state index in [4.69, 9.17) is 0 Å². The van der Waals surface area contributed by atoms with Crippen LogP contribution in [0.4, 0.5) is 5.69 Å². The fraction of sp³-hybridized carbons (Fsp3) is 0.385. The molecule has 1 aromatic rings. The standard InChI is InChI=1S/C13H15NO2S/c1-9(15)11-4-2-3-5-12(11)14-13(16)10-6-7-17-8-10/h2-5,10H,6-8H2,1H3,(H,14,16). The molecule has 1 amide bonds. The third-order valence-electron chi connectivity index (χ3n) is 2.86. The summed E-state index contributed by atoms with van der Waals surface area (Å²) in [5, 5.41) is 2.86. The first kappa shape index (κ1) is 12.2. The van der Waals surface area contributed by atoms with Gasteiger partial charge < -0.3 is 5.32 Å². The van der Waals surface area contributed by atoms with E-state index in [2.05, 4.69) is 5.32 Å². The summed E-state index contributed by atoms with van der Waals surface area (Å²) in [6, 6.07) is 7.14. The predicted octanol–water partition coefficient (Wildman–Crippen LogP) is 2.58. The second-order valence-corrected chi connectivity index (χ2v) is 5.30. The van der Waals surface area contributed by atoms with Crippen LogP contribution in [0.15, 0.2) is 24.3 Å². The van der Waals surface area contributed by atoms with Crippen molar-refractivity contribution in [2.75, 3.05) is 16.8 Å². The summed E-state index contributed by atoms with van der Waals surface area (Å²) in [6.45, 7) is 1.51. The lowest BCUT2D eigenvalue weighted by Crippen LogP contribution is -2.23. The first-order valence-electron chi connectivity index (χ1n) is 5.67. The monoisotopic (exact) mass is 249 g/mol. The number of carbonyl (C=O) groups excluding carboxylic acids is 2. The number of carbonyl (C=O) groups is 2. The molecule has 1 aromatic carbocycles. The number of nitrogens with one attached hydrogen (secondary N) is 1. The summed E-state index contributed by atoms with van der Waals surface area (Å²) >= 11 is 1.80. The van der Waals surface area contributed by atoms with E-state index >= 15 is 0 Å². The van der Waals surface area contributed by atoms with Crippen molar-refractivity contribution in [3.8, 4) is 0 Å². The highest BCUT2D eigenvalue weighted by atomic mass is 32.2. The number of hydrogen-bond acceptors (Lipinski definition) is 3. The zero-order chi connectivity index (χ0) is 12.3. The van der Waals surface area contributed by atoms with Gasteiger partial charge >= 0.3 is 0 Å². The van der Waals surface area contributed by atoms with Gasteiger partial charge in [-0.1, -0.05) is 12.1 Å². The second-order valence-electron chi connectivity index (χ2n) is 4.15. The second kappa shape index (κ2) is 5.36. The predicted molar refractivity (Wildman–Crippen MR) is 70.5 cm³/mol. The molecule has 0 saturated carbocycles. The highest BCUT2D eigenvalue weighted by molar-refractivity contribution is 7.99. The van der Waals surface area contributed by atoms with E-state index in [0.717, 1.165) is 17.9 Å². The average Bonchev–Trinajstić information content (AvgIpc) is 2.83. The normalized spacial score (nSPS) is 19.0. The Morgan fingerprint density at radius 3 is 2.76 bits per heavy atom. The summed E-state index contributed by atoms with van der Waals surface area (Å²) in [7, 11) is 0. The van der Waals surface area contributed by atoms with Crippen LogP contribution < -0.4 is 5.32 Å². The molecule has 1 atom stereocenters. The van der Waals surface area contributed by atoms with Gasteiger partial charge in [-0.2, -0.15) is 11.8 Å². The highest BCUT2D eigenvalue weighted by Gasteiger charge is 2.23. The third kappa shape index (κ3) is 2.88. The summed E-state index contributed by atoms with van der Waals surface area (Å²) in [5.41, 5.74) is 1.20. The van der Waals surface area contributed by atoms with Gasteiger partial charge in [0.05, 0.1) is 5.69 Å². The van der Waals surface area contributed by atoms with Crippen LogP contribution in [0, 0.1) is 5.92 Å². The molecule has 4 heteroatoms. The Bertz CT molecular complexity index is 439. The Morgan fingerprint density at radius 2 is 2.12 bits per heavy atom. The maximum Gasteiger partial charge on any atom is 0.228 e. The molecule has 2 rings (SSSR count). The van der Waals surface area contributed by atoms with Crippen molar-refractivity contribution >= 4 is 29.1 Å². The van der Waals surface area contributed by atoms with Gasteiger partial charge in [0, 0.05) is 17.2 Å². The molecule has 1 aliphatic rings. The van der Waals surface area contributed by atoms with Crippen LogP contribution in [0.2, 0.25) is 0 Å². The summed E-state index contributed by atoms with van der Waals surface area (Å²) in [4.78, 5) is 23.4. The Hall–Kier alpha value is -1.29. The molecule has 90 valence electrons. The summed E-state index contributed by atoms with van der Waals surface area (Å²) in [5.74, 6) is 2.02. The van der Waals surface area contributed by atoms with Gasteiger partial charge in [-0.25, -0.2) is 0 Å². The number of thioether (sulfide) groups is 1. The number of rotatable bonds is 3. The lowest BCUT2D eigenvalue weighted by Gasteiger charge is -2.12.